The first-order chi connectivity index (χ1) is 17.5. The Morgan fingerprint density at radius 1 is 1.27 bits per heavy atom. The Kier molecular flexibility index (Phi) is 7.79. The van der Waals surface area contributed by atoms with Gasteiger partial charge in [-0.3, -0.25) is 19.7 Å². The van der Waals surface area contributed by atoms with Crippen molar-refractivity contribution >= 4 is 22.9 Å². The molecule has 0 saturated carbocycles. The van der Waals surface area contributed by atoms with Crippen LogP contribution < -0.4 is 10.9 Å². The molecule has 1 fully saturated rings. The molecule has 1 amide bonds. The Labute approximate surface area is 215 Å². The Morgan fingerprint density at radius 3 is 2.68 bits per heavy atom. The smallest absolute Gasteiger partial charge is 0.323 e. The number of hydrogen-bond donors (Lipinski definition) is 3. The molecule has 37 heavy (non-hydrogen) atoms. The molecule has 2 aromatic heterocycles. The van der Waals surface area contributed by atoms with Crippen LogP contribution in [0.15, 0.2) is 35.3 Å². The second-order valence-corrected chi connectivity index (χ2v) is 10.1. The van der Waals surface area contributed by atoms with Crippen molar-refractivity contribution in [1.82, 2.24) is 24.3 Å². The summed E-state index contributed by atoms with van der Waals surface area (Å²) in [5.74, 6) is -0.0137. The molecule has 0 bridgehead atoms. The normalized spacial score (nSPS) is 17.6. The van der Waals surface area contributed by atoms with Crippen molar-refractivity contribution in [2.24, 2.45) is 13.0 Å². The van der Waals surface area contributed by atoms with Gasteiger partial charge in [0.15, 0.2) is 0 Å². The number of carbonyl (C=O) groups excluding carboxylic acids is 1. The van der Waals surface area contributed by atoms with E-state index in [1.54, 1.807) is 31.7 Å². The number of pyridine rings is 1. The molecule has 3 atom stereocenters. The van der Waals surface area contributed by atoms with Gasteiger partial charge in [0.25, 0.3) is 5.56 Å². The van der Waals surface area contributed by atoms with Gasteiger partial charge in [0.2, 0.25) is 5.91 Å². The highest BCUT2D eigenvalue weighted by molar-refractivity contribution is 5.81. The molecule has 0 spiro atoms. The zero-order valence-electron chi connectivity index (χ0n) is 21.8. The zero-order chi connectivity index (χ0) is 26.9. The summed E-state index contributed by atoms with van der Waals surface area (Å²) in [6, 6.07) is 6.59. The van der Waals surface area contributed by atoms with Crippen molar-refractivity contribution in [1.29, 1.82) is 0 Å². The number of carbonyl (C=O) groups is 2. The maximum Gasteiger partial charge on any atom is 0.323 e. The standard InChI is InChI=1S/C27H35N5O5/c1-16-10-21(15-30(4)26(16)35)25-29-22-11-19(12-28-24(17(2)33)27(36)37)7-8-23(22)32(25)14-20-6-5-9-31(13-20)18(3)34/h7-8,10-11,15,17,20,24,28,33H,5-6,9,12-14H2,1-4H3,(H,36,37)/t17-,20?,24+/m1/s1. The molecule has 3 heterocycles. The van der Waals surface area contributed by atoms with Crippen LogP contribution in [-0.4, -0.2) is 66.3 Å². The van der Waals surface area contributed by atoms with E-state index >= 15 is 0 Å². The van der Waals surface area contributed by atoms with Gasteiger partial charge in [0, 0.05) is 57.5 Å². The van der Waals surface area contributed by atoms with Crippen LogP contribution in [0.5, 0.6) is 0 Å². The molecule has 1 aliphatic heterocycles. The summed E-state index contributed by atoms with van der Waals surface area (Å²) < 4.78 is 3.72. The molecule has 3 N–H and O–H groups in total. The quantitative estimate of drug-likeness (QED) is 0.423. The number of hydrogen-bond acceptors (Lipinski definition) is 6. The van der Waals surface area contributed by atoms with Crippen LogP contribution in [0.25, 0.3) is 22.4 Å². The number of imidazole rings is 1. The fraction of sp³-hybridized carbons (Fsp3) is 0.481. The van der Waals surface area contributed by atoms with Crippen LogP contribution >= 0.6 is 0 Å². The topological polar surface area (TPSA) is 130 Å². The van der Waals surface area contributed by atoms with Gasteiger partial charge in [0.1, 0.15) is 11.9 Å². The molecule has 0 aliphatic carbocycles. The lowest BCUT2D eigenvalue weighted by Crippen LogP contribution is -2.44. The lowest BCUT2D eigenvalue weighted by molar-refractivity contribution is -0.142. The fourth-order valence-electron chi connectivity index (χ4n) is 5.14. The number of rotatable bonds is 8. The summed E-state index contributed by atoms with van der Waals surface area (Å²) >= 11 is 0. The minimum absolute atomic E-state index is 0.0600. The summed E-state index contributed by atoms with van der Waals surface area (Å²) in [5, 5.41) is 22.0. The summed E-state index contributed by atoms with van der Waals surface area (Å²) in [7, 11) is 1.72. The number of aromatic nitrogens is 3. The predicted octanol–water partition coefficient (Wildman–Crippen LogP) is 1.89. The number of carboxylic acid groups (broad SMARTS) is 1. The van der Waals surface area contributed by atoms with E-state index in [1.807, 2.05) is 29.2 Å². The van der Waals surface area contributed by atoms with Crippen molar-refractivity contribution in [3.8, 4) is 11.4 Å². The van der Waals surface area contributed by atoms with E-state index in [2.05, 4.69) is 9.88 Å². The molecule has 10 nitrogen and oxygen atoms in total. The number of aliphatic carboxylic acids is 1. The summed E-state index contributed by atoms with van der Waals surface area (Å²) in [5.41, 5.74) is 3.92. The average molecular weight is 510 g/mol. The molecule has 1 aliphatic rings. The van der Waals surface area contributed by atoms with Crippen LogP contribution in [0.1, 0.15) is 37.8 Å². The average Bonchev–Trinajstić information content (AvgIpc) is 3.19. The predicted molar refractivity (Wildman–Crippen MR) is 140 cm³/mol. The van der Waals surface area contributed by atoms with Crippen molar-refractivity contribution < 1.29 is 19.8 Å². The van der Waals surface area contributed by atoms with Gasteiger partial charge in [-0.1, -0.05) is 6.07 Å². The Morgan fingerprint density at radius 2 is 2.03 bits per heavy atom. The number of aliphatic hydroxyl groups excluding tert-OH is 1. The Hall–Kier alpha value is -3.50. The Bertz CT molecular complexity index is 1350. The van der Waals surface area contributed by atoms with Crippen LogP contribution in [0.4, 0.5) is 0 Å². The molecule has 1 aromatic carbocycles. The maximum absolute atomic E-state index is 12.3. The molecule has 10 heteroatoms. The third-order valence-corrected chi connectivity index (χ3v) is 7.11. The van der Waals surface area contributed by atoms with E-state index in [9.17, 15) is 24.6 Å². The van der Waals surface area contributed by atoms with E-state index in [0.29, 0.717) is 18.7 Å². The second-order valence-electron chi connectivity index (χ2n) is 10.1. The molecule has 198 valence electrons. The molecule has 1 saturated heterocycles. The van der Waals surface area contributed by atoms with E-state index in [1.165, 1.54) is 6.92 Å². The van der Waals surface area contributed by atoms with Crippen molar-refractivity contribution in [3.63, 3.8) is 0 Å². The largest absolute Gasteiger partial charge is 0.480 e. The van der Waals surface area contributed by atoms with E-state index < -0.39 is 18.1 Å². The van der Waals surface area contributed by atoms with Gasteiger partial charge < -0.3 is 24.2 Å². The first-order valence-electron chi connectivity index (χ1n) is 12.6. The van der Waals surface area contributed by atoms with E-state index in [4.69, 9.17) is 4.98 Å². The van der Waals surface area contributed by atoms with Gasteiger partial charge in [-0.2, -0.15) is 0 Å². The van der Waals surface area contributed by atoms with Crippen molar-refractivity contribution in [3.05, 3.63) is 51.9 Å². The lowest BCUT2D eigenvalue weighted by atomic mass is 9.97. The number of aliphatic hydroxyl groups is 1. The number of amides is 1. The number of piperidine rings is 1. The molecule has 4 rings (SSSR count). The summed E-state index contributed by atoms with van der Waals surface area (Å²) in [6.07, 6.45) is 2.71. The van der Waals surface area contributed by atoms with E-state index in [0.717, 1.165) is 47.4 Å². The van der Waals surface area contributed by atoms with Gasteiger partial charge >= 0.3 is 5.97 Å². The van der Waals surface area contributed by atoms with Crippen LogP contribution in [-0.2, 0) is 29.7 Å². The second kappa shape index (κ2) is 10.9. The molecule has 3 aromatic rings. The fourth-order valence-corrected chi connectivity index (χ4v) is 5.14. The highest BCUT2D eigenvalue weighted by atomic mass is 16.4. The van der Waals surface area contributed by atoms with Crippen molar-refractivity contribution in [2.75, 3.05) is 13.1 Å². The number of fused-ring (bicyclic) bond motifs is 1. The van der Waals surface area contributed by atoms with Gasteiger partial charge in [-0.05, 0) is 56.4 Å². The van der Waals surface area contributed by atoms with Crippen LogP contribution in [0, 0.1) is 12.8 Å². The van der Waals surface area contributed by atoms with Gasteiger partial charge in [-0.15, -0.1) is 0 Å². The van der Waals surface area contributed by atoms with Gasteiger partial charge in [-0.25, -0.2) is 4.98 Å². The number of nitrogens with one attached hydrogen (secondary N) is 1. The molecular formula is C27H35N5O5. The highest BCUT2D eigenvalue weighted by Gasteiger charge is 2.25. The van der Waals surface area contributed by atoms with Crippen molar-refractivity contribution in [2.45, 2.75) is 58.8 Å². The number of carboxylic acids is 1. The monoisotopic (exact) mass is 509 g/mol. The molecular weight excluding hydrogens is 474 g/mol. The third-order valence-electron chi connectivity index (χ3n) is 7.11. The SMILES string of the molecule is CC(=O)N1CCCC(Cn2c(-c3cc(C)c(=O)n(C)c3)nc3cc(CN[C@H](C(=O)O)[C@@H](C)O)ccc32)C1. The summed E-state index contributed by atoms with van der Waals surface area (Å²) in [6.45, 7) is 7.25. The summed E-state index contributed by atoms with van der Waals surface area (Å²) in [4.78, 5) is 42.6. The zero-order valence-corrected chi connectivity index (χ0v) is 21.8. The number of likely N-dealkylation sites (tertiary alicyclic amines) is 1. The molecule has 0 radical (unpaired) electrons. The number of aryl methyl sites for hydroxylation is 2. The lowest BCUT2D eigenvalue weighted by Gasteiger charge is -2.32. The minimum atomic E-state index is -1.11. The van der Waals surface area contributed by atoms with Crippen LogP contribution in [0.3, 0.4) is 0 Å². The Balaban J connectivity index is 1.73. The minimum Gasteiger partial charge on any atom is -0.480 e. The first-order valence-corrected chi connectivity index (χ1v) is 12.6. The third kappa shape index (κ3) is 5.75. The van der Waals surface area contributed by atoms with E-state index in [-0.39, 0.29) is 23.9 Å². The number of nitrogens with zero attached hydrogens (tertiary/aromatic N) is 4. The first kappa shape index (κ1) is 26.6. The highest BCUT2D eigenvalue weighted by Crippen LogP contribution is 2.29. The molecule has 1 unspecified atom stereocenters. The van der Waals surface area contributed by atoms with Gasteiger partial charge in [0.05, 0.1) is 17.1 Å². The van der Waals surface area contributed by atoms with Crippen LogP contribution in [0.2, 0.25) is 0 Å². The maximum atomic E-state index is 12.3. The number of benzene rings is 1.